The minimum absolute atomic E-state index is 0.141. The van der Waals surface area contributed by atoms with Crippen LogP contribution >= 0.6 is 23.4 Å². The average Bonchev–Trinajstić information content (AvgIpc) is 2.54. The molecule has 130 valence electrons. The Kier molecular flexibility index (Phi) is 6.03. The number of thioether (sulfide) groups is 1. The molecule has 1 aromatic carbocycles. The SMILES string of the molecule is O=C(CSc1ccc(Cl)cc1[N+](=O)[O-])NC1(C(=O)O)CCOCC1. The standard InChI is InChI=1S/C14H15ClN2O6S/c15-9-1-2-11(10(7-9)17(21)22)24-8-12(18)16-14(13(19)20)3-5-23-6-4-14/h1-2,7H,3-6,8H2,(H,16,18)(H,19,20). The third-order valence-electron chi connectivity index (χ3n) is 3.61. The molecule has 2 N–H and O–H groups in total. The van der Waals surface area contributed by atoms with Crippen molar-refractivity contribution in [2.45, 2.75) is 23.3 Å². The maximum atomic E-state index is 12.1. The zero-order valence-electron chi connectivity index (χ0n) is 12.5. The van der Waals surface area contributed by atoms with Gasteiger partial charge in [0.1, 0.15) is 5.54 Å². The second-order valence-electron chi connectivity index (χ2n) is 5.21. The zero-order chi connectivity index (χ0) is 17.7. The van der Waals surface area contributed by atoms with Crippen LogP contribution < -0.4 is 5.32 Å². The monoisotopic (exact) mass is 374 g/mol. The first-order valence-electron chi connectivity index (χ1n) is 7.03. The number of benzene rings is 1. The van der Waals surface area contributed by atoms with Crippen LogP contribution in [0.15, 0.2) is 23.1 Å². The van der Waals surface area contributed by atoms with Crippen molar-refractivity contribution in [1.82, 2.24) is 5.32 Å². The second-order valence-corrected chi connectivity index (χ2v) is 6.66. The van der Waals surface area contributed by atoms with Crippen molar-refractivity contribution in [2.24, 2.45) is 0 Å². The Bertz CT molecular complexity index is 663. The van der Waals surface area contributed by atoms with E-state index in [1.165, 1.54) is 18.2 Å². The van der Waals surface area contributed by atoms with Crippen LogP contribution in [0.5, 0.6) is 0 Å². The maximum Gasteiger partial charge on any atom is 0.329 e. The molecule has 0 atom stereocenters. The molecule has 0 aromatic heterocycles. The quantitative estimate of drug-likeness (QED) is 0.444. The first kappa shape index (κ1) is 18.5. The summed E-state index contributed by atoms with van der Waals surface area (Å²) in [7, 11) is 0. The summed E-state index contributed by atoms with van der Waals surface area (Å²) in [5.41, 5.74) is -1.54. The highest BCUT2D eigenvalue weighted by atomic mass is 35.5. The molecule has 10 heteroatoms. The van der Waals surface area contributed by atoms with Gasteiger partial charge in [-0.05, 0) is 12.1 Å². The molecule has 2 rings (SSSR count). The number of halogens is 1. The minimum Gasteiger partial charge on any atom is -0.480 e. The first-order chi connectivity index (χ1) is 11.3. The summed E-state index contributed by atoms with van der Waals surface area (Å²) in [6.07, 6.45) is 0.361. The number of carboxylic acid groups (broad SMARTS) is 1. The molecule has 0 unspecified atom stereocenters. The van der Waals surface area contributed by atoms with E-state index in [4.69, 9.17) is 16.3 Å². The van der Waals surface area contributed by atoms with E-state index in [1.54, 1.807) is 0 Å². The Morgan fingerprint density at radius 1 is 1.42 bits per heavy atom. The molecule has 1 fully saturated rings. The van der Waals surface area contributed by atoms with Crippen molar-refractivity contribution in [3.63, 3.8) is 0 Å². The lowest BCUT2D eigenvalue weighted by Crippen LogP contribution is -2.57. The summed E-state index contributed by atoms with van der Waals surface area (Å²) in [5.74, 6) is -1.76. The van der Waals surface area contributed by atoms with Gasteiger partial charge in [0.25, 0.3) is 5.69 Å². The summed E-state index contributed by atoms with van der Waals surface area (Å²) < 4.78 is 5.13. The van der Waals surface area contributed by atoms with Gasteiger partial charge in [-0.25, -0.2) is 4.79 Å². The molecular weight excluding hydrogens is 360 g/mol. The number of ether oxygens (including phenoxy) is 1. The second kappa shape index (κ2) is 7.82. The summed E-state index contributed by atoms with van der Waals surface area (Å²) in [5, 5.41) is 23.2. The lowest BCUT2D eigenvalue weighted by Gasteiger charge is -2.33. The fourth-order valence-electron chi connectivity index (χ4n) is 2.31. The summed E-state index contributed by atoms with van der Waals surface area (Å²) >= 11 is 6.69. The maximum absolute atomic E-state index is 12.1. The largest absolute Gasteiger partial charge is 0.480 e. The number of carboxylic acids is 1. The number of amides is 1. The Morgan fingerprint density at radius 2 is 2.08 bits per heavy atom. The molecule has 0 aliphatic carbocycles. The van der Waals surface area contributed by atoms with Crippen molar-refractivity contribution < 1.29 is 24.4 Å². The number of rotatable bonds is 6. The predicted molar refractivity (Wildman–Crippen MR) is 87.4 cm³/mol. The van der Waals surface area contributed by atoms with E-state index in [2.05, 4.69) is 5.32 Å². The van der Waals surface area contributed by atoms with Crippen LogP contribution in [0.1, 0.15) is 12.8 Å². The van der Waals surface area contributed by atoms with Crippen LogP contribution in [0.2, 0.25) is 5.02 Å². The van der Waals surface area contributed by atoms with Gasteiger partial charge in [-0.2, -0.15) is 0 Å². The number of carbonyl (C=O) groups excluding carboxylic acids is 1. The van der Waals surface area contributed by atoms with Crippen LogP contribution in [0, 0.1) is 10.1 Å². The van der Waals surface area contributed by atoms with Crippen LogP contribution in [0.25, 0.3) is 0 Å². The highest BCUT2D eigenvalue weighted by Gasteiger charge is 2.41. The van der Waals surface area contributed by atoms with Crippen molar-refractivity contribution in [2.75, 3.05) is 19.0 Å². The van der Waals surface area contributed by atoms with Gasteiger partial charge in [0.05, 0.1) is 15.6 Å². The van der Waals surface area contributed by atoms with Gasteiger partial charge in [-0.3, -0.25) is 14.9 Å². The first-order valence-corrected chi connectivity index (χ1v) is 8.39. The number of carbonyl (C=O) groups is 2. The molecule has 0 radical (unpaired) electrons. The Hall–Kier alpha value is -1.84. The third-order valence-corrected chi connectivity index (χ3v) is 4.91. The number of nitrogens with zero attached hydrogens (tertiary/aromatic N) is 1. The van der Waals surface area contributed by atoms with Crippen molar-refractivity contribution in [3.8, 4) is 0 Å². The molecule has 24 heavy (non-hydrogen) atoms. The van der Waals surface area contributed by atoms with Crippen LogP contribution in [-0.4, -0.2) is 46.4 Å². The summed E-state index contributed by atoms with van der Waals surface area (Å²) in [6, 6.07) is 4.16. The Balaban J connectivity index is 2.03. The number of nitro benzene ring substituents is 1. The van der Waals surface area contributed by atoms with Crippen LogP contribution in [-0.2, 0) is 14.3 Å². The highest BCUT2D eigenvalue weighted by molar-refractivity contribution is 8.00. The normalized spacial score (nSPS) is 16.4. The number of aliphatic carboxylic acids is 1. The molecule has 1 aliphatic heterocycles. The Labute approximate surface area is 146 Å². The minimum atomic E-state index is -1.35. The molecular formula is C14H15ClN2O6S. The van der Waals surface area contributed by atoms with E-state index >= 15 is 0 Å². The third kappa shape index (κ3) is 4.37. The molecule has 0 spiro atoms. The van der Waals surface area contributed by atoms with E-state index < -0.39 is 22.3 Å². The molecule has 0 bridgehead atoms. The number of nitro groups is 1. The molecule has 1 heterocycles. The van der Waals surface area contributed by atoms with Gasteiger partial charge in [0, 0.05) is 37.1 Å². The smallest absolute Gasteiger partial charge is 0.329 e. The topological polar surface area (TPSA) is 119 Å². The van der Waals surface area contributed by atoms with E-state index in [1.807, 2.05) is 0 Å². The van der Waals surface area contributed by atoms with E-state index in [0.29, 0.717) is 0 Å². The van der Waals surface area contributed by atoms with Gasteiger partial charge >= 0.3 is 5.97 Å². The van der Waals surface area contributed by atoms with Crippen LogP contribution in [0.4, 0.5) is 5.69 Å². The van der Waals surface area contributed by atoms with Gasteiger partial charge in [0.15, 0.2) is 0 Å². The van der Waals surface area contributed by atoms with E-state index in [-0.39, 0.29) is 47.4 Å². The number of hydrogen-bond donors (Lipinski definition) is 2. The summed E-state index contributed by atoms with van der Waals surface area (Å²) in [6.45, 7) is 0.505. The molecule has 1 aliphatic rings. The van der Waals surface area contributed by atoms with Gasteiger partial charge in [-0.15, -0.1) is 11.8 Å². The van der Waals surface area contributed by atoms with E-state index in [9.17, 15) is 24.8 Å². The van der Waals surface area contributed by atoms with Crippen molar-refractivity contribution in [1.29, 1.82) is 0 Å². The lowest BCUT2D eigenvalue weighted by molar-refractivity contribution is -0.387. The average molecular weight is 375 g/mol. The van der Waals surface area contributed by atoms with Gasteiger partial charge in [-0.1, -0.05) is 11.6 Å². The fourth-order valence-corrected chi connectivity index (χ4v) is 3.28. The van der Waals surface area contributed by atoms with Crippen molar-refractivity contribution in [3.05, 3.63) is 33.3 Å². The summed E-state index contributed by atoms with van der Waals surface area (Å²) in [4.78, 5) is 34.3. The molecule has 1 amide bonds. The van der Waals surface area contributed by atoms with Gasteiger partial charge in [0.2, 0.25) is 5.91 Å². The molecule has 1 saturated heterocycles. The fraction of sp³-hybridized carbons (Fsp3) is 0.429. The van der Waals surface area contributed by atoms with Crippen molar-refractivity contribution >= 4 is 40.9 Å². The zero-order valence-corrected chi connectivity index (χ0v) is 14.1. The predicted octanol–water partition coefficient (Wildman–Crippen LogP) is 2.09. The molecule has 1 aromatic rings. The lowest BCUT2D eigenvalue weighted by atomic mass is 9.90. The van der Waals surface area contributed by atoms with E-state index in [0.717, 1.165) is 11.8 Å². The number of hydrogen-bond acceptors (Lipinski definition) is 6. The van der Waals surface area contributed by atoms with Gasteiger partial charge < -0.3 is 15.2 Å². The number of nitrogens with one attached hydrogen (secondary N) is 1. The molecule has 8 nitrogen and oxygen atoms in total. The molecule has 0 saturated carbocycles. The van der Waals surface area contributed by atoms with Crippen LogP contribution in [0.3, 0.4) is 0 Å². The Morgan fingerprint density at radius 3 is 2.67 bits per heavy atom. The highest BCUT2D eigenvalue weighted by Crippen LogP contribution is 2.31.